The van der Waals surface area contributed by atoms with Crippen molar-refractivity contribution in [1.29, 1.82) is 0 Å². The minimum Gasteiger partial charge on any atom is -0.399 e. The molecule has 1 aromatic carbocycles. The lowest BCUT2D eigenvalue weighted by atomic mass is 10.1. The van der Waals surface area contributed by atoms with Crippen LogP contribution < -0.4 is 5.32 Å². The quantitative estimate of drug-likeness (QED) is 0.370. The van der Waals surface area contributed by atoms with Crippen LogP contribution in [0.15, 0.2) is 27.9 Å². The molecule has 2 aromatic rings. The molecule has 25 heavy (non-hydrogen) atoms. The van der Waals surface area contributed by atoms with E-state index in [4.69, 9.17) is 0 Å². The van der Waals surface area contributed by atoms with E-state index in [1.807, 2.05) is 0 Å². The predicted octanol–water partition coefficient (Wildman–Crippen LogP) is 2.65. The lowest BCUT2D eigenvalue weighted by Crippen LogP contribution is -2.24. The van der Waals surface area contributed by atoms with Crippen molar-refractivity contribution < 1.29 is 31.7 Å². The number of alkyl halides is 3. The average Bonchev–Trinajstić information content (AvgIpc) is 3.04. The summed E-state index contributed by atoms with van der Waals surface area (Å²) in [5.41, 5.74) is -0.326. The molecule has 1 N–H and O–H groups in total. The zero-order valence-electron chi connectivity index (χ0n) is 12.8. The van der Waals surface area contributed by atoms with E-state index >= 15 is 0 Å². The van der Waals surface area contributed by atoms with Crippen molar-refractivity contribution in [3.63, 3.8) is 0 Å². The summed E-state index contributed by atoms with van der Waals surface area (Å²) in [6.07, 6.45) is -2.98. The highest BCUT2D eigenvalue weighted by Crippen LogP contribution is 2.30. The predicted molar refractivity (Wildman–Crippen MR) is 77.1 cm³/mol. The van der Waals surface area contributed by atoms with Gasteiger partial charge in [0, 0.05) is 24.7 Å². The van der Waals surface area contributed by atoms with Crippen molar-refractivity contribution in [2.75, 3.05) is 13.7 Å². The number of hydrogen-bond donors (Lipinski definition) is 1. The Morgan fingerprint density at radius 2 is 2.20 bits per heavy atom. The number of nitrogens with zero attached hydrogens (tertiary/aromatic N) is 3. The maximum atomic E-state index is 14.1. The molecule has 1 aromatic heterocycles. The van der Waals surface area contributed by atoms with Gasteiger partial charge in [-0.1, -0.05) is 10.3 Å². The highest BCUT2D eigenvalue weighted by Gasteiger charge is 2.38. The second-order valence-corrected chi connectivity index (χ2v) is 4.63. The summed E-state index contributed by atoms with van der Waals surface area (Å²) in [5, 5.41) is 9.09. The van der Waals surface area contributed by atoms with Gasteiger partial charge in [-0.15, -0.1) is 0 Å². The molecular formula is C14H12F4N4O3. The van der Waals surface area contributed by atoms with E-state index in [0.717, 1.165) is 12.1 Å². The molecule has 0 unspecified atom stereocenters. The van der Waals surface area contributed by atoms with Gasteiger partial charge in [-0.05, 0) is 18.2 Å². The zero-order valence-corrected chi connectivity index (χ0v) is 12.8. The van der Waals surface area contributed by atoms with E-state index in [9.17, 15) is 22.4 Å². The molecule has 0 aliphatic heterocycles. The van der Waals surface area contributed by atoms with Crippen LogP contribution in [0.5, 0.6) is 0 Å². The fraction of sp³-hybridized carbons (Fsp3) is 0.286. The van der Waals surface area contributed by atoms with Crippen LogP contribution >= 0.6 is 0 Å². The van der Waals surface area contributed by atoms with Crippen LogP contribution in [-0.2, 0) is 11.0 Å². The Morgan fingerprint density at radius 3 is 2.80 bits per heavy atom. The maximum Gasteiger partial charge on any atom is 0.471 e. The molecule has 11 heteroatoms. The standard InChI is InChI=1S/C14H12F4N4O3/c1-24-20-6-2-5-19-12(23)8-3-4-9(10(15)7-8)11-21-13(25-22-11)14(16,17)18/h3-4,6-7H,2,5H2,1H3,(H,19,23). The van der Waals surface area contributed by atoms with Crippen molar-refractivity contribution in [2.45, 2.75) is 12.6 Å². The Labute approximate surface area is 138 Å². The number of oxime groups is 1. The minimum absolute atomic E-state index is 0.00975. The summed E-state index contributed by atoms with van der Waals surface area (Å²) in [4.78, 5) is 19.4. The van der Waals surface area contributed by atoms with E-state index < -0.39 is 29.6 Å². The van der Waals surface area contributed by atoms with Gasteiger partial charge in [0.1, 0.15) is 12.9 Å². The molecule has 7 nitrogen and oxygen atoms in total. The summed E-state index contributed by atoms with van der Waals surface area (Å²) in [6.45, 7) is 0.245. The summed E-state index contributed by atoms with van der Waals surface area (Å²) in [5.74, 6) is -3.66. The van der Waals surface area contributed by atoms with Crippen LogP contribution in [0, 0.1) is 5.82 Å². The van der Waals surface area contributed by atoms with Crippen LogP contribution in [0.4, 0.5) is 17.6 Å². The highest BCUT2D eigenvalue weighted by atomic mass is 19.4. The normalized spacial score (nSPS) is 11.7. The van der Waals surface area contributed by atoms with Crippen LogP contribution in [0.1, 0.15) is 22.7 Å². The molecule has 0 saturated carbocycles. The fourth-order valence-corrected chi connectivity index (χ4v) is 1.77. The maximum absolute atomic E-state index is 14.1. The summed E-state index contributed by atoms with van der Waals surface area (Å²) < 4.78 is 55.4. The lowest BCUT2D eigenvalue weighted by molar-refractivity contribution is -0.159. The first kappa shape index (κ1) is 18.4. The Morgan fingerprint density at radius 1 is 1.44 bits per heavy atom. The summed E-state index contributed by atoms with van der Waals surface area (Å²) in [7, 11) is 1.38. The number of rotatable bonds is 6. The molecule has 1 amide bonds. The Kier molecular flexibility index (Phi) is 5.67. The smallest absolute Gasteiger partial charge is 0.399 e. The topological polar surface area (TPSA) is 89.6 Å². The van der Waals surface area contributed by atoms with Crippen molar-refractivity contribution >= 4 is 12.1 Å². The number of carbonyl (C=O) groups is 1. The first-order valence-electron chi connectivity index (χ1n) is 6.87. The van der Waals surface area contributed by atoms with Gasteiger partial charge < -0.3 is 14.7 Å². The van der Waals surface area contributed by atoms with Gasteiger partial charge in [0.25, 0.3) is 5.91 Å². The molecule has 0 spiro atoms. The zero-order chi connectivity index (χ0) is 18.4. The van der Waals surface area contributed by atoms with Gasteiger partial charge in [-0.25, -0.2) is 4.39 Å². The van der Waals surface area contributed by atoms with E-state index in [1.54, 1.807) is 0 Å². The molecule has 0 aliphatic carbocycles. The third-order valence-corrected chi connectivity index (χ3v) is 2.88. The van der Waals surface area contributed by atoms with Crippen LogP contribution in [0.25, 0.3) is 11.4 Å². The number of carbonyl (C=O) groups excluding carboxylic acids is 1. The van der Waals surface area contributed by atoms with Gasteiger partial charge in [-0.3, -0.25) is 4.79 Å². The van der Waals surface area contributed by atoms with Crippen molar-refractivity contribution in [1.82, 2.24) is 15.5 Å². The molecule has 0 atom stereocenters. The van der Waals surface area contributed by atoms with E-state index in [2.05, 4.69) is 30.0 Å². The number of amides is 1. The first-order valence-corrected chi connectivity index (χ1v) is 6.87. The van der Waals surface area contributed by atoms with Crippen LogP contribution in [0.2, 0.25) is 0 Å². The van der Waals surface area contributed by atoms with Gasteiger partial charge in [0.15, 0.2) is 0 Å². The van der Waals surface area contributed by atoms with Gasteiger partial charge in [0.2, 0.25) is 5.82 Å². The monoisotopic (exact) mass is 360 g/mol. The van der Waals surface area contributed by atoms with Crippen LogP contribution in [-0.4, -0.2) is 35.9 Å². The number of aromatic nitrogens is 2. The molecule has 0 aliphatic rings. The molecule has 0 bridgehead atoms. The van der Waals surface area contributed by atoms with Crippen molar-refractivity contribution in [3.05, 3.63) is 35.5 Å². The molecule has 2 rings (SSSR count). The Balaban J connectivity index is 2.08. The number of nitrogens with one attached hydrogen (secondary N) is 1. The van der Waals surface area contributed by atoms with Gasteiger partial charge in [-0.2, -0.15) is 18.2 Å². The average molecular weight is 360 g/mol. The number of halogens is 4. The summed E-state index contributed by atoms with van der Waals surface area (Å²) in [6, 6.07) is 3.21. The van der Waals surface area contributed by atoms with Crippen molar-refractivity contribution in [3.8, 4) is 11.4 Å². The first-order chi connectivity index (χ1) is 11.8. The second kappa shape index (κ2) is 7.73. The lowest BCUT2D eigenvalue weighted by Gasteiger charge is -2.05. The van der Waals surface area contributed by atoms with E-state index in [1.165, 1.54) is 19.4 Å². The molecule has 1 heterocycles. The number of benzene rings is 1. The van der Waals surface area contributed by atoms with E-state index in [-0.39, 0.29) is 17.7 Å². The third kappa shape index (κ3) is 4.75. The van der Waals surface area contributed by atoms with Crippen molar-refractivity contribution in [2.24, 2.45) is 5.16 Å². The number of hydrogen-bond acceptors (Lipinski definition) is 6. The Hall–Kier alpha value is -2.98. The third-order valence-electron chi connectivity index (χ3n) is 2.88. The SMILES string of the molecule is CON=CCCNC(=O)c1ccc(-c2noc(C(F)(F)F)n2)c(F)c1. The molecule has 0 radical (unpaired) electrons. The van der Waals surface area contributed by atoms with Gasteiger partial charge >= 0.3 is 12.1 Å². The molecule has 0 saturated heterocycles. The summed E-state index contributed by atoms with van der Waals surface area (Å²) >= 11 is 0. The van der Waals surface area contributed by atoms with Gasteiger partial charge in [0.05, 0.1) is 5.56 Å². The fourth-order valence-electron chi connectivity index (χ4n) is 1.77. The highest BCUT2D eigenvalue weighted by molar-refractivity contribution is 5.94. The minimum atomic E-state index is -4.83. The molecule has 0 fully saturated rings. The molecule has 134 valence electrons. The molecular weight excluding hydrogens is 348 g/mol. The second-order valence-electron chi connectivity index (χ2n) is 4.63. The van der Waals surface area contributed by atoms with Crippen LogP contribution in [0.3, 0.4) is 0 Å². The largest absolute Gasteiger partial charge is 0.471 e. The Bertz CT molecular complexity index is 774. The van der Waals surface area contributed by atoms with E-state index in [0.29, 0.717) is 6.42 Å².